The number of nitrogens with one attached hydrogen (secondary N) is 1. The van der Waals surface area contributed by atoms with Crippen LogP contribution in [0.15, 0.2) is 121 Å². The molecule has 1 N–H and O–H groups in total. The Morgan fingerprint density at radius 2 is 1.18 bits per heavy atom. The second-order valence-electron chi connectivity index (χ2n) is 12.0. The van der Waals surface area contributed by atoms with Crippen LogP contribution in [0.2, 0.25) is 0 Å². The normalized spacial score (nSPS) is 20.2. The highest BCUT2D eigenvalue weighted by atomic mass is 16.7. The monoisotopic (exact) mass is 667 g/mol. The van der Waals surface area contributed by atoms with Gasteiger partial charge in [0.2, 0.25) is 12.2 Å². The van der Waals surface area contributed by atoms with E-state index >= 15 is 0 Å². The van der Waals surface area contributed by atoms with Gasteiger partial charge in [-0.15, -0.1) is 0 Å². The molecule has 6 atom stereocenters. The molecule has 1 fully saturated rings. The Labute approximate surface area is 288 Å². The largest absolute Gasteiger partial charge is 0.436 e. The number of ether oxygens (including phenoxy) is 6. The van der Waals surface area contributed by atoms with Crippen molar-refractivity contribution < 1.29 is 38.0 Å². The third-order valence-corrected chi connectivity index (χ3v) is 8.14. The zero-order valence-corrected chi connectivity index (χ0v) is 28.0. The van der Waals surface area contributed by atoms with E-state index in [1.807, 2.05) is 121 Å². The zero-order valence-electron chi connectivity index (χ0n) is 28.0. The van der Waals surface area contributed by atoms with E-state index in [2.05, 4.69) is 5.32 Å². The minimum absolute atomic E-state index is 0.154. The highest BCUT2D eigenvalue weighted by Crippen LogP contribution is 2.31. The maximum Gasteiger partial charge on any atom is 0.304 e. The summed E-state index contributed by atoms with van der Waals surface area (Å²) in [5.41, 5.74) is 3.90. The van der Waals surface area contributed by atoms with E-state index in [1.165, 1.54) is 13.8 Å². The molecule has 258 valence electrons. The molecule has 49 heavy (non-hydrogen) atoms. The van der Waals surface area contributed by atoms with Crippen molar-refractivity contribution in [3.63, 3.8) is 0 Å². The Balaban J connectivity index is 1.48. The SMILES string of the molecule is CC(=O)N[C@H]1[C@H]([C@H](OCc2ccccc2)[C@@H](COCc2ccccc2)OCc2ccccc2)O[C@@H](OC(C)=O)C[C@@H]1OCc1ccccc1. The molecule has 0 saturated carbocycles. The number of rotatable bonds is 17. The number of benzene rings is 4. The lowest BCUT2D eigenvalue weighted by molar-refractivity contribution is -0.265. The summed E-state index contributed by atoms with van der Waals surface area (Å²) in [5.74, 6) is -0.755. The molecule has 1 aliphatic heterocycles. The lowest BCUT2D eigenvalue weighted by atomic mass is 9.91. The van der Waals surface area contributed by atoms with E-state index in [0.29, 0.717) is 6.61 Å². The molecule has 0 bridgehead atoms. The molecule has 9 nitrogen and oxygen atoms in total. The average molecular weight is 668 g/mol. The van der Waals surface area contributed by atoms with E-state index in [1.54, 1.807) is 0 Å². The summed E-state index contributed by atoms with van der Waals surface area (Å²) in [7, 11) is 0. The van der Waals surface area contributed by atoms with Crippen LogP contribution in [-0.4, -0.2) is 55.2 Å². The van der Waals surface area contributed by atoms with Gasteiger partial charge in [0, 0.05) is 20.3 Å². The fourth-order valence-corrected chi connectivity index (χ4v) is 5.83. The van der Waals surface area contributed by atoms with E-state index in [-0.39, 0.29) is 38.8 Å². The molecule has 0 radical (unpaired) electrons. The zero-order chi connectivity index (χ0) is 34.3. The minimum Gasteiger partial charge on any atom is -0.436 e. The van der Waals surface area contributed by atoms with Crippen molar-refractivity contribution >= 4 is 11.9 Å². The maximum atomic E-state index is 12.7. The smallest absolute Gasteiger partial charge is 0.304 e. The number of esters is 1. The quantitative estimate of drug-likeness (QED) is 0.134. The van der Waals surface area contributed by atoms with Gasteiger partial charge in [-0.25, -0.2) is 0 Å². The second kappa shape index (κ2) is 19.0. The van der Waals surface area contributed by atoms with Crippen LogP contribution in [-0.2, 0) is 64.4 Å². The molecule has 0 aliphatic carbocycles. The van der Waals surface area contributed by atoms with Crippen LogP contribution in [0.4, 0.5) is 0 Å². The van der Waals surface area contributed by atoms with Crippen molar-refractivity contribution in [1.29, 1.82) is 0 Å². The van der Waals surface area contributed by atoms with Gasteiger partial charge in [-0.05, 0) is 22.3 Å². The fraction of sp³-hybridized carbons (Fsp3) is 0.350. The Bertz CT molecular complexity index is 1540. The van der Waals surface area contributed by atoms with E-state index in [4.69, 9.17) is 28.4 Å². The van der Waals surface area contributed by atoms with E-state index < -0.39 is 42.7 Å². The summed E-state index contributed by atoms with van der Waals surface area (Å²) in [5, 5.41) is 3.08. The average Bonchev–Trinajstić information content (AvgIpc) is 3.12. The van der Waals surface area contributed by atoms with Gasteiger partial charge in [-0.3, -0.25) is 9.59 Å². The maximum absolute atomic E-state index is 12.7. The first-order chi connectivity index (χ1) is 23.9. The first-order valence-corrected chi connectivity index (χ1v) is 16.6. The van der Waals surface area contributed by atoms with Crippen molar-refractivity contribution in [2.24, 2.45) is 0 Å². The van der Waals surface area contributed by atoms with Gasteiger partial charge < -0.3 is 33.7 Å². The molecule has 0 unspecified atom stereocenters. The summed E-state index contributed by atoms with van der Waals surface area (Å²) in [6.07, 6.45) is -3.64. The van der Waals surface area contributed by atoms with Crippen LogP contribution in [0.1, 0.15) is 42.5 Å². The molecular formula is C40H45NO8. The topological polar surface area (TPSA) is 102 Å². The molecule has 0 spiro atoms. The van der Waals surface area contributed by atoms with Gasteiger partial charge in [0.25, 0.3) is 0 Å². The van der Waals surface area contributed by atoms with Crippen molar-refractivity contribution in [3.05, 3.63) is 144 Å². The lowest BCUT2D eigenvalue weighted by Crippen LogP contribution is -2.64. The van der Waals surface area contributed by atoms with Gasteiger partial charge >= 0.3 is 5.97 Å². The van der Waals surface area contributed by atoms with Crippen LogP contribution < -0.4 is 5.32 Å². The first-order valence-electron chi connectivity index (χ1n) is 16.6. The van der Waals surface area contributed by atoms with Crippen LogP contribution in [0.3, 0.4) is 0 Å². The summed E-state index contributed by atoms with van der Waals surface area (Å²) < 4.78 is 38.3. The third-order valence-electron chi connectivity index (χ3n) is 8.14. The number of amides is 1. The standard InChI is InChI=1S/C40H45NO8/c1-29(42)41-38-35(45-25-32-17-9-4-10-18-32)23-37(48-30(2)43)49-40(38)39(47-27-34-21-13-6-14-22-34)36(46-26-33-19-11-5-12-20-33)28-44-24-31-15-7-3-8-16-31/h3-22,35-40H,23-28H2,1-2H3,(H,41,42)/t35-,36+,37+,38+,39+,40+/m0/s1. The minimum atomic E-state index is -0.948. The van der Waals surface area contributed by atoms with Crippen LogP contribution >= 0.6 is 0 Å². The summed E-state index contributed by atoms with van der Waals surface area (Å²) in [6, 6.07) is 38.6. The summed E-state index contributed by atoms with van der Waals surface area (Å²) >= 11 is 0. The third kappa shape index (κ3) is 11.6. The number of hydrogen-bond acceptors (Lipinski definition) is 8. The van der Waals surface area contributed by atoms with E-state index in [0.717, 1.165) is 22.3 Å². The molecule has 4 aromatic rings. The Kier molecular flexibility index (Phi) is 13.9. The molecule has 1 saturated heterocycles. The Morgan fingerprint density at radius 1 is 0.694 bits per heavy atom. The van der Waals surface area contributed by atoms with Gasteiger partial charge in [0.05, 0.1) is 45.2 Å². The van der Waals surface area contributed by atoms with Crippen molar-refractivity contribution in [2.45, 2.75) is 83.4 Å². The molecule has 0 aromatic heterocycles. The predicted octanol–water partition coefficient (Wildman–Crippen LogP) is 6.14. The molecule has 1 heterocycles. The van der Waals surface area contributed by atoms with E-state index in [9.17, 15) is 9.59 Å². The second-order valence-corrected chi connectivity index (χ2v) is 12.0. The lowest BCUT2D eigenvalue weighted by Gasteiger charge is -2.45. The van der Waals surface area contributed by atoms with Crippen LogP contribution in [0.25, 0.3) is 0 Å². The first kappa shape index (κ1) is 35.9. The van der Waals surface area contributed by atoms with Crippen molar-refractivity contribution in [2.75, 3.05) is 6.61 Å². The number of carbonyl (C=O) groups excluding carboxylic acids is 2. The highest BCUT2D eigenvalue weighted by molar-refractivity contribution is 5.73. The highest BCUT2D eigenvalue weighted by Gasteiger charge is 2.48. The summed E-state index contributed by atoms with van der Waals surface area (Å²) in [6.45, 7) is 4.10. The molecule has 5 rings (SSSR count). The van der Waals surface area contributed by atoms with Gasteiger partial charge in [0.15, 0.2) is 0 Å². The Hall–Kier alpha value is -4.38. The van der Waals surface area contributed by atoms with Crippen molar-refractivity contribution in [3.8, 4) is 0 Å². The molecule has 1 aliphatic rings. The molecule has 1 amide bonds. The van der Waals surface area contributed by atoms with Gasteiger partial charge in [-0.1, -0.05) is 121 Å². The number of carbonyl (C=O) groups is 2. The molecule has 9 heteroatoms. The van der Waals surface area contributed by atoms with Crippen LogP contribution in [0.5, 0.6) is 0 Å². The fourth-order valence-electron chi connectivity index (χ4n) is 5.83. The van der Waals surface area contributed by atoms with Gasteiger partial charge in [0.1, 0.15) is 18.3 Å². The Morgan fingerprint density at radius 3 is 1.69 bits per heavy atom. The van der Waals surface area contributed by atoms with Gasteiger partial charge in [-0.2, -0.15) is 0 Å². The number of hydrogen-bond donors (Lipinski definition) is 1. The molecular weight excluding hydrogens is 622 g/mol. The summed E-state index contributed by atoms with van der Waals surface area (Å²) in [4.78, 5) is 25.0. The van der Waals surface area contributed by atoms with Crippen LogP contribution in [0, 0.1) is 0 Å². The van der Waals surface area contributed by atoms with Crippen molar-refractivity contribution in [1.82, 2.24) is 5.32 Å². The predicted molar refractivity (Wildman–Crippen MR) is 184 cm³/mol. The molecule has 4 aromatic carbocycles.